The molecule has 0 saturated carbocycles. The van der Waals surface area contributed by atoms with Gasteiger partial charge in [0.2, 0.25) is 5.91 Å². The van der Waals surface area contributed by atoms with Gasteiger partial charge in [-0.15, -0.1) is 0 Å². The van der Waals surface area contributed by atoms with Crippen LogP contribution in [0, 0.1) is 0 Å². The number of carbonyl (C=O) groups excluding carboxylic acids is 1. The van der Waals surface area contributed by atoms with E-state index in [1.807, 2.05) is 25.6 Å². The second-order valence-electron chi connectivity index (χ2n) is 4.16. The maximum absolute atomic E-state index is 11.3. The van der Waals surface area contributed by atoms with Gasteiger partial charge in [-0.1, -0.05) is 0 Å². The number of amides is 1. The maximum Gasteiger partial charge on any atom is 0.241 e. The Labute approximate surface area is 114 Å². The minimum absolute atomic E-state index is 0.0371. The Morgan fingerprint density at radius 1 is 1.28 bits per heavy atom. The van der Waals surface area contributed by atoms with Crippen LogP contribution in [-0.2, 0) is 4.79 Å². The number of likely N-dealkylation sites (N-methyl/N-ethyl adjacent to an activating group) is 1. The molecule has 1 rings (SSSR count). The summed E-state index contributed by atoms with van der Waals surface area (Å²) in [5.74, 6) is 1.96. The van der Waals surface area contributed by atoms with Crippen molar-refractivity contribution in [2.24, 2.45) is 4.99 Å². The highest BCUT2D eigenvalue weighted by atomic mass is 32.2. The number of rotatable bonds is 6. The Balaban J connectivity index is 2.32. The highest BCUT2D eigenvalue weighted by molar-refractivity contribution is 8.00. The van der Waals surface area contributed by atoms with Crippen LogP contribution in [0.5, 0.6) is 0 Å². The smallest absolute Gasteiger partial charge is 0.241 e. The van der Waals surface area contributed by atoms with Crippen LogP contribution in [0.15, 0.2) is 4.99 Å². The number of thioether (sulfide) groups is 1. The Morgan fingerprint density at radius 3 is 2.67 bits per heavy atom. The number of nitrogens with zero attached hydrogens (tertiary/aromatic N) is 1. The molecular weight excluding hydrogens is 248 g/mol. The summed E-state index contributed by atoms with van der Waals surface area (Å²) in [4.78, 5) is 15.6. The van der Waals surface area contributed by atoms with Gasteiger partial charge in [0.05, 0.1) is 0 Å². The van der Waals surface area contributed by atoms with E-state index < -0.39 is 0 Å². The normalized spacial score (nSPS) is 19.7. The molecule has 1 fully saturated rings. The van der Waals surface area contributed by atoms with E-state index in [1.165, 1.54) is 18.6 Å². The topological polar surface area (TPSA) is 65.5 Å². The van der Waals surface area contributed by atoms with Crippen molar-refractivity contribution in [3.8, 4) is 0 Å². The van der Waals surface area contributed by atoms with Crippen LogP contribution >= 0.6 is 11.8 Å². The largest absolute Gasteiger partial charge is 0.357 e. The Hall–Kier alpha value is -0.910. The third-order valence-electron chi connectivity index (χ3n) is 2.62. The molecule has 1 amide bonds. The molecule has 1 saturated heterocycles. The lowest BCUT2D eigenvalue weighted by atomic mass is 10.2. The van der Waals surface area contributed by atoms with Gasteiger partial charge < -0.3 is 16.0 Å². The summed E-state index contributed by atoms with van der Waals surface area (Å²) in [6.45, 7) is 6.49. The Bertz CT molecular complexity index is 277. The maximum atomic E-state index is 11.3. The molecule has 18 heavy (non-hydrogen) atoms. The number of nitrogens with one attached hydrogen (secondary N) is 3. The van der Waals surface area contributed by atoms with Crippen molar-refractivity contribution in [3.05, 3.63) is 0 Å². The number of hydrogen-bond acceptors (Lipinski definition) is 3. The van der Waals surface area contributed by atoms with Crippen LogP contribution in [-0.4, -0.2) is 49.0 Å². The zero-order chi connectivity index (χ0) is 13.2. The van der Waals surface area contributed by atoms with Crippen molar-refractivity contribution in [3.63, 3.8) is 0 Å². The Morgan fingerprint density at radius 2 is 2.06 bits per heavy atom. The van der Waals surface area contributed by atoms with Crippen molar-refractivity contribution in [1.29, 1.82) is 0 Å². The highest BCUT2D eigenvalue weighted by Crippen LogP contribution is 2.25. The SMILES string of the molecule is CCNC(=O)CN=C(NCC)NCC1CCCS1. The molecule has 3 N–H and O–H groups in total. The molecule has 5 nitrogen and oxygen atoms in total. The van der Waals surface area contributed by atoms with E-state index in [-0.39, 0.29) is 12.5 Å². The number of aliphatic imine (C=N–C) groups is 1. The fourth-order valence-corrected chi connectivity index (χ4v) is 2.96. The molecule has 0 bridgehead atoms. The van der Waals surface area contributed by atoms with E-state index in [0.717, 1.165) is 19.0 Å². The molecule has 1 atom stereocenters. The van der Waals surface area contributed by atoms with E-state index in [0.29, 0.717) is 11.8 Å². The van der Waals surface area contributed by atoms with Crippen LogP contribution in [0.25, 0.3) is 0 Å². The van der Waals surface area contributed by atoms with Gasteiger partial charge >= 0.3 is 0 Å². The quantitative estimate of drug-likeness (QED) is 0.489. The summed E-state index contributed by atoms with van der Waals surface area (Å²) in [7, 11) is 0. The molecule has 0 aromatic heterocycles. The van der Waals surface area contributed by atoms with Crippen LogP contribution in [0.2, 0.25) is 0 Å². The summed E-state index contributed by atoms with van der Waals surface area (Å²) in [6.07, 6.45) is 2.58. The third kappa shape index (κ3) is 6.14. The first kappa shape index (κ1) is 15.1. The van der Waals surface area contributed by atoms with Crippen molar-refractivity contribution in [2.45, 2.75) is 31.9 Å². The summed E-state index contributed by atoms with van der Waals surface area (Å²) in [5, 5.41) is 9.87. The lowest BCUT2D eigenvalue weighted by molar-refractivity contribution is -0.119. The summed E-state index contributed by atoms with van der Waals surface area (Å²) in [6, 6.07) is 0. The van der Waals surface area contributed by atoms with Crippen molar-refractivity contribution < 1.29 is 4.79 Å². The minimum Gasteiger partial charge on any atom is -0.357 e. The molecule has 1 aliphatic rings. The molecule has 0 spiro atoms. The lowest BCUT2D eigenvalue weighted by Gasteiger charge is -2.14. The molecule has 1 unspecified atom stereocenters. The average molecular weight is 272 g/mol. The molecule has 1 aliphatic heterocycles. The number of carbonyl (C=O) groups is 1. The van der Waals surface area contributed by atoms with Gasteiger partial charge in [0.1, 0.15) is 6.54 Å². The van der Waals surface area contributed by atoms with Crippen molar-refractivity contribution >= 4 is 23.6 Å². The van der Waals surface area contributed by atoms with Gasteiger partial charge in [0.15, 0.2) is 5.96 Å². The van der Waals surface area contributed by atoms with E-state index >= 15 is 0 Å². The van der Waals surface area contributed by atoms with Crippen LogP contribution in [0.4, 0.5) is 0 Å². The van der Waals surface area contributed by atoms with Gasteiger partial charge in [-0.2, -0.15) is 11.8 Å². The zero-order valence-electron chi connectivity index (χ0n) is 11.3. The van der Waals surface area contributed by atoms with Gasteiger partial charge in [-0.3, -0.25) is 4.79 Å². The standard InChI is InChI=1S/C12H24N4OS/c1-3-13-11(17)9-16-12(14-4-2)15-8-10-6-5-7-18-10/h10H,3-9H2,1-2H3,(H,13,17)(H2,14,15,16). The fourth-order valence-electron chi connectivity index (χ4n) is 1.76. The average Bonchev–Trinajstić information content (AvgIpc) is 2.86. The summed E-state index contributed by atoms with van der Waals surface area (Å²) in [5.41, 5.74) is 0. The zero-order valence-corrected chi connectivity index (χ0v) is 12.1. The number of guanidine groups is 1. The molecule has 104 valence electrons. The van der Waals surface area contributed by atoms with E-state index in [9.17, 15) is 4.79 Å². The molecule has 1 heterocycles. The molecule has 0 radical (unpaired) electrons. The molecule has 0 aliphatic carbocycles. The van der Waals surface area contributed by atoms with Crippen molar-refractivity contribution in [2.75, 3.05) is 31.9 Å². The molecule has 0 aromatic rings. The van der Waals surface area contributed by atoms with E-state index in [1.54, 1.807) is 0 Å². The molecule has 0 aromatic carbocycles. The predicted molar refractivity (Wildman–Crippen MR) is 78.1 cm³/mol. The highest BCUT2D eigenvalue weighted by Gasteiger charge is 2.15. The summed E-state index contributed by atoms with van der Waals surface area (Å²) >= 11 is 2.01. The first-order valence-electron chi connectivity index (χ1n) is 6.66. The monoisotopic (exact) mass is 272 g/mol. The lowest BCUT2D eigenvalue weighted by Crippen LogP contribution is -2.41. The predicted octanol–water partition coefficient (Wildman–Crippen LogP) is 0.573. The fraction of sp³-hybridized carbons (Fsp3) is 0.833. The van der Waals surface area contributed by atoms with Crippen LogP contribution in [0.1, 0.15) is 26.7 Å². The van der Waals surface area contributed by atoms with Gasteiger partial charge in [0, 0.05) is 24.9 Å². The van der Waals surface area contributed by atoms with Crippen LogP contribution < -0.4 is 16.0 Å². The summed E-state index contributed by atoms with van der Waals surface area (Å²) < 4.78 is 0. The minimum atomic E-state index is -0.0371. The molecule has 6 heteroatoms. The van der Waals surface area contributed by atoms with E-state index in [2.05, 4.69) is 20.9 Å². The van der Waals surface area contributed by atoms with Crippen molar-refractivity contribution in [1.82, 2.24) is 16.0 Å². The second kappa shape index (κ2) is 9.08. The third-order valence-corrected chi connectivity index (χ3v) is 4.02. The number of hydrogen-bond donors (Lipinski definition) is 3. The second-order valence-corrected chi connectivity index (χ2v) is 5.57. The molecular formula is C12H24N4OS. The van der Waals surface area contributed by atoms with Gasteiger partial charge in [0.25, 0.3) is 0 Å². The van der Waals surface area contributed by atoms with E-state index in [4.69, 9.17) is 0 Å². The van der Waals surface area contributed by atoms with Gasteiger partial charge in [-0.05, 0) is 32.4 Å². The van der Waals surface area contributed by atoms with Gasteiger partial charge in [-0.25, -0.2) is 4.99 Å². The Kier molecular flexibility index (Phi) is 7.64. The first-order valence-corrected chi connectivity index (χ1v) is 7.71. The van der Waals surface area contributed by atoms with Crippen LogP contribution in [0.3, 0.4) is 0 Å². The first-order chi connectivity index (χ1) is 8.76.